The molecule has 0 spiro atoms. The molecule has 0 radical (unpaired) electrons. The molecule has 1 aromatic carbocycles. The van der Waals surface area contributed by atoms with Crippen LogP contribution in [0, 0.1) is 5.82 Å². The zero-order valence-electron chi connectivity index (χ0n) is 9.98. The quantitative estimate of drug-likeness (QED) is 0.780. The van der Waals surface area contributed by atoms with E-state index in [0.29, 0.717) is 10.7 Å². The van der Waals surface area contributed by atoms with Crippen LogP contribution in [0.1, 0.15) is 5.69 Å². The number of benzene rings is 1. The van der Waals surface area contributed by atoms with Crippen LogP contribution < -0.4 is 5.73 Å². The second kappa shape index (κ2) is 4.64. The molecule has 0 unspecified atom stereocenters. The fraction of sp³-hybridized carbons (Fsp3) is 0.0714. The van der Waals surface area contributed by atoms with Crippen molar-refractivity contribution in [2.45, 2.75) is 6.54 Å². The maximum Gasteiger partial charge on any atom is 0.174 e. The minimum atomic E-state index is -0.364. The van der Waals surface area contributed by atoms with E-state index in [1.165, 1.54) is 6.07 Å². The van der Waals surface area contributed by atoms with Gasteiger partial charge < -0.3 is 5.73 Å². The Hall–Kier alpha value is -1.91. The van der Waals surface area contributed by atoms with Crippen molar-refractivity contribution in [3.05, 3.63) is 59.1 Å². The molecular weight excluding hydrogens is 265 g/mol. The van der Waals surface area contributed by atoms with E-state index < -0.39 is 0 Å². The van der Waals surface area contributed by atoms with Gasteiger partial charge in [0.15, 0.2) is 11.5 Å². The average molecular weight is 276 g/mol. The van der Waals surface area contributed by atoms with Crippen molar-refractivity contribution in [2.75, 3.05) is 0 Å². The lowest BCUT2D eigenvalue weighted by Gasteiger charge is -2.02. The molecule has 3 aromatic rings. The zero-order valence-corrected chi connectivity index (χ0v) is 10.7. The Morgan fingerprint density at radius 2 is 1.95 bits per heavy atom. The molecule has 3 rings (SSSR count). The molecule has 0 atom stereocenters. The second-order valence-corrected chi connectivity index (χ2v) is 4.60. The number of halogens is 2. The summed E-state index contributed by atoms with van der Waals surface area (Å²) in [5.74, 6) is -0.364. The third-order valence-corrected chi connectivity index (χ3v) is 3.26. The Labute approximate surface area is 114 Å². The summed E-state index contributed by atoms with van der Waals surface area (Å²) in [6.07, 6.45) is 1.76. The Morgan fingerprint density at radius 3 is 2.63 bits per heavy atom. The lowest BCUT2D eigenvalue weighted by molar-refractivity contribution is 0.629. The van der Waals surface area contributed by atoms with Crippen molar-refractivity contribution >= 4 is 17.2 Å². The lowest BCUT2D eigenvalue weighted by atomic mass is 10.1. The molecule has 2 aromatic heterocycles. The van der Waals surface area contributed by atoms with Crippen LogP contribution in [0.2, 0.25) is 5.02 Å². The number of nitrogens with two attached hydrogens (primary N) is 1. The molecule has 0 bridgehead atoms. The van der Waals surface area contributed by atoms with Gasteiger partial charge in [-0.05, 0) is 24.3 Å². The second-order valence-electron chi connectivity index (χ2n) is 4.17. The van der Waals surface area contributed by atoms with Crippen LogP contribution in [0.4, 0.5) is 4.39 Å². The van der Waals surface area contributed by atoms with E-state index in [0.717, 1.165) is 11.3 Å². The van der Waals surface area contributed by atoms with Gasteiger partial charge >= 0.3 is 0 Å². The number of rotatable bonds is 2. The third-order valence-electron chi connectivity index (χ3n) is 3.01. The molecule has 96 valence electrons. The summed E-state index contributed by atoms with van der Waals surface area (Å²) in [6.45, 7) is 0.280. The van der Waals surface area contributed by atoms with E-state index in [4.69, 9.17) is 17.3 Å². The Kier molecular flexibility index (Phi) is 2.97. The SMILES string of the molecule is NCc1c(-c2ccc(Cl)cc2)nc2c(F)cccn12. The van der Waals surface area contributed by atoms with Gasteiger partial charge in [0.25, 0.3) is 0 Å². The van der Waals surface area contributed by atoms with Crippen LogP contribution in [0.15, 0.2) is 42.6 Å². The number of pyridine rings is 1. The normalized spacial score (nSPS) is 11.1. The molecule has 2 heterocycles. The predicted molar refractivity (Wildman–Crippen MR) is 73.5 cm³/mol. The van der Waals surface area contributed by atoms with E-state index in [-0.39, 0.29) is 18.0 Å². The standard InChI is InChI=1S/C14H11ClFN3/c15-10-5-3-9(4-6-10)13-12(8-17)19-7-1-2-11(16)14(19)18-13/h1-7H,8,17H2. The highest BCUT2D eigenvalue weighted by atomic mass is 35.5. The van der Waals surface area contributed by atoms with E-state index >= 15 is 0 Å². The van der Waals surface area contributed by atoms with Crippen molar-refractivity contribution in [2.24, 2.45) is 5.73 Å². The molecule has 0 amide bonds. The average Bonchev–Trinajstić information content (AvgIpc) is 2.79. The summed E-state index contributed by atoms with van der Waals surface area (Å²) in [5.41, 5.74) is 8.38. The van der Waals surface area contributed by atoms with Gasteiger partial charge in [-0.3, -0.25) is 4.40 Å². The van der Waals surface area contributed by atoms with Crippen LogP contribution >= 0.6 is 11.6 Å². The molecule has 0 aliphatic rings. The van der Waals surface area contributed by atoms with Gasteiger partial charge in [0, 0.05) is 23.3 Å². The first kappa shape index (κ1) is 12.1. The molecular formula is C14H11ClFN3. The van der Waals surface area contributed by atoms with E-state index in [2.05, 4.69) is 4.98 Å². The molecule has 3 nitrogen and oxygen atoms in total. The number of nitrogens with zero attached hydrogens (tertiary/aromatic N) is 2. The van der Waals surface area contributed by atoms with Crippen molar-refractivity contribution in [1.82, 2.24) is 9.38 Å². The fourth-order valence-electron chi connectivity index (χ4n) is 2.12. The van der Waals surface area contributed by atoms with Gasteiger partial charge in [0.2, 0.25) is 0 Å². The summed E-state index contributed by atoms with van der Waals surface area (Å²) in [7, 11) is 0. The smallest absolute Gasteiger partial charge is 0.174 e. The minimum absolute atomic E-state index is 0.280. The van der Waals surface area contributed by atoms with Gasteiger partial charge in [-0.1, -0.05) is 23.7 Å². The van der Waals surface area contributed by atoms with Crippen molar-refractivity contribution < 1.29 is 4.39 Å². The molecule has 0 saturated carbocycles. The number of hydrogen-bond donors (Lipinski definition) is 1. The molecule has 0 aliphatic heterocycles. The van der Waals surface area contributed by atoms with Gasteiger partial charge in [-0.25, -0.2) is 9.37 Å². The molecule has 0 fully saturated rings. The highest BCUT2D eigenvalue weighted by Crippen LogP contribution is 2.26. The topological polar surface area (TPSA) is 43.3 Å². The summed E-state index contributed by atoms with van der Waals surface area (Å²) in [6, 6.07) is 10.3. The highest BCUT2D eigenvalue weighted by Gasteiger charge is 2.14. The van der Waals surface area contributed by atoms with E-state index in [9.17, 15) is 4.39 Å². The number of aromatic nitrogens is 2. The lowest BCUT2D eigenvalue weighted by Crippen LogP contribution is -2.02. The molecule has 0 aliphatic carbocycles. The molecule has 5 heteroatoms. The first-order valence-electron chi connectivity index (χ1n) is 5.82. The highest BCUT2D eigenvalue weighted by molar-refractivity contribution is 6.30. The van der Waals surface area contributed by atoms with Crippen LogP contribution in [-0.4, -0.2) is 9.38 Å². The number of hydrogen-bond acceptors (Lipinski definition) is 2. The first-order valence-corrected chi connectivity index (χ1v) is 6.20. The monoisotopic (exact) mass is 275 g/mol. The molecule has 2 N–H and O–H groups in total. The van der Waals surface area contributed by atoms with Crippen LogP contribution in [0.3, 0.4) is 0 Å². The van der Waals surface area contributed by atoms with Gasteiger partial charge in [-0.15, -0.1) is 0 Å². The fourth-order valence-corrected chi connectivity index (χ4v) is 2.24. The van der Waals surface area contributed by atoms with Crippen molar-refractivity contribution in [3.63, 3.8) is 0 Å². The van der Waals surface area contributed by atoms with Crippen molar-refractivity contribution in [1.29, 1.82) is 0 Å². The van der Waals surface area contributed by atoms with Gasteiger partial charge in [-0.2, -0.15) is 0 Å². The Balaban J connectivity index is 2.29. The Bertz CT molecular complexity index is 734. The maximum absolute atomic E-state index is 13.8. The van der Waals surface area contributed by atoms with Crippen LogP contribution in [0.5, 0.6) is 0 Å². The summed E-state index contributed by atoms with van der Waals surface area (Å²) in [5, 5.41) is 0.646. The maximum atomic E-state index is 13.8. The van der Waals surface area contributed by atoms with Gasteiger partial charge in [0.1, 0.15) is 0 Å². The largest absolute Gasteiger partial charge is 0.325 e. The van der Waals surface area contributed by atoms with Crippen molar-refractivity contribution in [3.8, 4) is 11.3 Å². The molecule has 19 heavy (non-hydrogen) atoms. The summed E-state index contributed by atoms with van der Waals surface area (Å²) >= 11 is 5.87. The van der Waals surface area contributed by atoms with Crippen LogP contribution in [0.25, 0.3) is 16.9 Å². The van der Waals surface area contributed by atoms with Gasteiger partial charge in [0.05, 0.1) is 11.4 Å². The summed E-state index contributed by atoms with van der Waals surface area (Å²) in [4.78, 5) is 4.35. The number of fused-ring (bicyclic) bond motifs is 1. The zero-order chi connectivity index (χ0) is 13.4. The predicted octanol–water partition coefficient (Wildman–Crippen LogP) is 3.25. The van der Waals surface area contributed by atoms with Crippen LogP contribution in [-0.2, 0) is 6.54 Å². The van der Waals surface area contributed by atoms with E-state index in [1.807, 2.05) is 12.1 Å². The summed E-state index contributed by atoms with van der Waals surface area (Å²) < 4.78 is 15.4. The molecule has 0 saturated heterocycles. The first-order chi connectivity index (χ1) is 9.20. The minimum Gasteiger partial charge on any atom is -0.325 e. The van der Waals surface area contributed by atoms with E-state index in [1.54, 1.807) is 28.8 Å². The Morgan fingerprint density at radius 1 is 1.21 bits per heavy atom. The third kappa shape index (κ3) is 1.99. The number of imidazole rings is 1.